The Hall–Kier alpha value is -5.60. The lowest BCUT2D eigenvalue weighted by molar-refractivity contribution is 0.261. The molecule has 0 bridgehead atoms. The minimum atomic E-state index is -0.247. The Labute approximate surface area is 436 Å². The Balaban J connectivity index is 1.47. The standard InChI is InChI=1S/C70H86N2/c1-45-30-31-50(70(18,19)49-28-24-21-25-29-49)39-59(45)72(60-44-58-55(36-46(60)2)66(10,11)32-35-69(58,16)17)63-42-52(65(7,8)9)41-62-54(63)43-57-56(67(12,13)33-34-68(57,14)15)37-47(3)71(62)61-40-51(64(4,5)6)38-53(61)48-26-22-20-23-27-48/h20-31,36-39,41-44H,3,32-35,40H2,1-2,4-19H3/b56-37+,57-43+. The number of nitrogens with zero attached hydrogens (tertiary/aromatic N) is 2. The van der Waals surface area contributed by atoms with Crippen LogP contribution in [0.15, 0.2) is 150 Å². The van der Waals surface area contributed by atoms with Gasteiger partial charge in [0, 0.05) is 45.7 Å². The number of hydrogen-bond donors (Lipinski definition) is 0. The molecule has 0 amide bonds. The maximum Gasteiger partial charge on any atom is 0.0558 e. The fourth-order valence-electron chi connectivity index (χ4n) is 12.3. The van der Waals surface area contributed by atoms with Crippen LogP contribution >= 0.6 is 0 Å². The summed E-state index contributed by atoms with van der Waals surface area (Å²) in [5.74, 6) is 0. The van der Waals surface area contributed by atoms with Crippen LogP contribution in [-0.2, 0) is 21.7 Å². The van der Waals surface area contributed by atoms with Crippen LogP contribution in [0.2, 0.25) is 0 Å². The van der Waals surface area contributed by atoms with E-state index in [0.717, 1.165) is 31.4 Å². The molecule has 4 aliphatic rings. The molecule has 0 spiro atoms. The van der Waals surface area contributed by atoms with E-state index in [2.05, 4.69) is 256 Å². The van der Waals surface area contributed by atoms with Crippen molar-refractivity contribution < 1.29 is 0 Å². The predicted molar refractivity (Wildman–Crippen MR) is 313 cm³/mol. The van der Waals surface area contributed by atoms with Gasteiger partial charge in [0.2, 0.25) is 0 Å². The normalized spacial score (nSPS) is 20.8. The maximum absolute atomic E-state index is 5.17. The number of anilines is 4. The number of aryl methyl sites for hydroxylation is 2. The zero-order chi connectivity index (χ0) is 52.3. The zero-order valence-electron chi connectivity index (χ0n) is 47.7. The average molecular weight is 955 g/mol. The monoisotopic (exact) mass is 955 g/mol. The second-order valence-corrected chi connectivity index (χ2v) is 27.5. The van der Waals surface area contributed by atoms with Crippen LogP contribution < -0.4 is 9.80 Å². The van der Waals surface area contributed by atoms with Crippen molar-refractivity contribution in [3.05, 3.63) is 200 Å². The van der Waals surface area contributed by atoms with Gasteiger partial charge in [0.25, 0.3) is 0 Å². The summed E-state index contributed by atoms with van der Waals surface area (Å²) in [4.78, 5) is 5.32. The highest BCUT2D eigenvalue weighted by atomic mass is 15.2. The van der Waals surface area contributed by atoms with Crippen molar-refractivity contribution in [1.82, 2.24) is 0 Å². The Morgan fingerprint density at radius 2 is 1.03 bits per heavy atom. The summed E-state index contributed by atoms with van der Waals surface area (Å²) in [5.41, 5.74) is 24.1. The molecule has 5 aromatic rings. The van der Waals surface area contributed by atoms with Gasteiger partial charge >= 0.3 is 0 Å². The lowest BCUT2D eigenvalue weighted by Crippen LogP contribution is -2.34. The molecule has 5 aromatic carbocycles. The fourth-order valence-corrected chi connectivity index (χ4v) is 12.3. The predicted octanol–water partition coefficient (Wildman–Crippen LogP) is 20.0. The topological polar surface area (TPSA) is 6.48 Å². The van der Waals surface area contributed by atoms with E-state index in [1.54, 1.807) is 0 Å². The quantitative estimate of drug-likeness (QED) is 0.160. The molecule has 1 heterocycles. The molecule has 2 nitrogen and oxygen atoms in total. The Bertz CT molecular complexity index is 3100. The van der Waals surface area contributed by atoms with Gasteiger partial charge < -0.3 is 9.80 Å². The van der Waals surface area contributed by atoms with Crippen LogP contribution in [-0.4, -0.2) is 0 Å². The number of benzene rings is 5. The lowest BCUT2D eigenvalue weighted by Gasteiger charge is -2.46. The molecule has 3 aliphatic carbocycles. The van der Waals surface area contributed by atoms with Crippen molar-refractivity contribution in [2.45, 2.75) is 178 Å². The van der Waals surface area contributed by atoms with Gasteiger partial charge in [0.05, 0.1) is 11.4 Å². The second kappa shape index (κ2) is 17.5. The SMILES string of the molecule is C=C1/C=C2\C(=C/c3c(cc(C(C)(C)C)cc3N(c3cc(C(C)(C)c4ccccc4)ccc3C)c3cc4c(cc3C)C(C)(C)CCC4(C)C)N1C1=C(c3ccccc3)C=C(C(C)(C)C)C1)C(C)(C)CCC2(C)C. The van der Waals surface area contributed by atoms with Crippen molar-refractivity contribution >= 4 is 34.4 Å². The highest BCUT2D eigenvalue weighted by Crippen LogP contribution is 2.58. The first kappa shape index (κ1) is 51.3. The van der Waals surface area contributed by atoms with E-state index >= 15 is 0 Å². The van der Waals surface area contributed by atoms with Crippen LogP contribution in [0.5, 0.6) is 0 Å². The molecule has 2 heteroatoms. The van der Waals surface area contributed by atoms with Gasteiger partial charge in [-0.1, -0.05) is 208 Å². The maximum atomic E-state index is 5.17. The first-order valence-corrected chi connectivity index (χ1v) is 27.2. The van der Waals surface area contributed by atoms with E-state index in [4.69, 9.17) is 6.58 Å². The van der Waals surface area contributed by atoms with Crippen molar-refractivity contribution in [1.29, 1.82) is 0 Å². The molecule has 376 valence electrons. The molecule has 1 saturated carbocycles. The van der Waals surface area contributed by atoms with Crippen molar-refractivity contribution in [3.8, 4) is 0 Å². The number of allylic oxidation sites excluding steroid dienone is 6. The molecule has 72 heavy (non-hydrogen) atoms. The minimum absolute atomic E-state index is 0.0156. The van der Waals surface area contributed by atoms with E-state index in [-0.39, 0.29) is 37.9 Å². The summed E-state index contributed by atoms with van der Waals surface area (Å²) >= 11 is 0. The van der Waals surface area contributed by atoms with Crippen LogP contribution in [0.4, 0.5) is 22.7 Å². The highest BCUT2D eigenvalue weighted by molar-refractivity contribution is 5.95. The molecule has 0 aromatic heterocycles. The number of hydrogen-bond acceptors (Lipinski definition) is 2. The third-order valence-electron chi connectivity index (χ3n) is 17.9. The van der Waals surface area contributed by atoms with Crippen LogP contribution in [0.3, 0.4) is 0 Å². The molecule has 0 atom stereocenters. The Kier molecular flexibility index (Phi) is 12.5. The van der Waals surface area contributed by atoms with E-state index in [9.17, 15) is 0 Å². The Morgan fingerprint density at radius 1 is 0.500 bits per heavy atom. The van der Waals surface area contributed by atoms with Gasteiger partial charge in [-0.25, -0.2) is 0 Å². The van der Waals surface area contributed by atoms with Gasteiger partial charge in [-0.3, -0.25) is 0 Å². The van der Waals surface area contributed by atoms with E-state index < -0.39 is 0 Å². The van der Waals surface area contributed by atoms with Gasteiger partial charge in [-0.05, 0) is 164 Å². The first-order chi connectivity index (χ1) is 33.4. The summed E-state index contributed by atoms with van der Waals surface area (Å²) in [7, 11) is 0. The summed E-state index contributed by atoms with van der Waals surface area (Å²) in [5, 5.41) is 0. The molecule has 0 saturated heterocycles. The summed E-state index contributed by atoms with van der Waals surface area (Å²) < 4.78 is 0. The summed E-state index contributed by atoms with van der Waals surface area (Å²) in [6.07, 6.45) is 13.0. The first-order valence-electron chi connectivity index (χ1n) is 27.2. The molecule has 0 radical (unpaired) electrons. The summed E-state index contributed by atoms with van der Waals surface area (Å²) in [6, 6.07) is 39.8. The van der Waals surface area contributed by atoms with E-state index in [1.807, 2.05) is 0 Å². The molecule has 9 rings (SSSR count). The molecule has 1 aliphatic heterocycles. The summed E-state index contributed by atoms with van der Waals surface area (Å²) in [6.45, 7) is 48.7. The van der Waals surface area contributed by atoms with Crippen LogP contribution in [0, 0.1) is 30.1 Å². The minimum Gasteiger partial charge on any atom is -0.313 e. The van der Waals surface area contributed by atoms with E-state index in [1.165, 1.54) is 107 Å². The fraction of sp³-hybridized carbons (Fsp3) is 0.429. The molecule has 1 fully saturated rings. The smallest absolute Gasteiger partial charge is 0.0558 e. The van der Waals surface area contributed by atoms with E-state index in [0.29, 0.717) is 0 Å². The molecular formula is C70H86N2. The number of rotatable bonds is 7. The second-order valence-electron chi connectivity index (χ2n) is 27.5. The van der Waals surface area contributed by atoms with Gasteiger partial charge in [0.15, 0.2) is 0 Å². The zero-order valence-corrected chi connectivity index (χ0v) is 47.7. The van der Waals surface area contributed by atoms with Gasteiger partial charge in [-0.2, -0.15) is 0 Å². The lowest BCUT2D eigenvalue weighted by atomic mass is 9.60. The third kappa shape index (κ3) is 9.02. The highest BCUT2D eigenvalue weighted by Gasteiger charge is 2.44. The largest absolute Gasteiger partial charge is 0.313 e. The third-order valence-corrected chi connectivity index (χ3v) is 17.9. The molecule has 0 unspecified atom stereocenters. The van der Waals surface area contributed by atoms with Crippen LogP contribution in [0.25, 0.3) is 11.6 Å². The van der Waals surface area contributed by atoms with Gasteiger partial charge in [-0.15, -0.1) is 0 Å². The van der Waals surface area contributed by atoms with Crippen molar-refractivity contribution in [2.24, 2.45) is 16.2 Å². The molecular weight excluding hydrogens is 869 g/mol. The Morgan fingerprint density at radius 3 is 1.61 bits per heavy atom. The van der Waals surface area contributed by atoms with Crippen LogP contribution in [0.1, 0.15) is 193 Å². The van der Waals surface area contributed by atoms with Crippen molar-refractivity contribution in [2.75, 3.05) is 9.80 Å². The van der Waals surface area contributed by atoms with Crippen molar-refractivity contribution in [3.63, 3.8) is 0 Å². The number of fused-ring (bicyclic) bond motifs is 3. The molecule has 0 N–H and O–H groups in total. The average Bonchev–Trinajstić information content (AvgIpc) is 3.75. The van der Waals surface area contributed by atoms with Gasteiger partial charge in [0.1, 0.15) is 0 Å².